The summed E-state index contributed by atoms with van der Waals surface area (Å²) in [6, 6.07) is 3.51. The van der Waals surface area contributed by atoms with Crippen molar-refractivity contribution in [2.75, 3.05) is 0 Å². The number of pyridine rings is 1. The second kappa shape index (κ2) is 3.91. The van der Waals surface area contributed by atoms with E-state index in [2.05, 4.69) is 10.1 Å². The normalized spacial score (nSPS) is 11.0. The first-order chi connectivity index (χ1) is 7.33. The third kappa shape index (κ3) is 1.71. The molecule has 0 aliphatic heterocycles. The van der Waals surface area contributed by atoms with E-state index in [1.54, 1.807) is 36.8 Å². The fourth-order valence-electron chi connectivity index (χ4n) is 1.24. The average Bonchev–Trinajstić information content (AvgIpc) is 2.63. The summed E-state index contributed by atoms with van der Waals surface area (Å²) in [5.74, 6) is 0. The fourth-order valence-corrected chi connectivity index (χ4v) is 1.24. The van der Waals surface area contributed by atoms with E-state index in [1.165, 1.54) is 15.6 Å². The van der Waals surface area contributed by atoms with Gasteiger partial charge in [0.05, 0.1) is 5.69 Å². The summed E-state index contributed by atoms with van der Waals surface area (Å²) in [5, 5.41) is 3.94. The molecule has 0 radical (unpaired) electrons. The summed E-state index contributed by atoms with van der Waals surface area (Å²) in [5.41, 5.74) is 0.560. The van der Waals surface area contributed by atoms with Crippen LogP contribution in [-0.2, 0) is 0 Å². The number of aromatic nitrogens is 4. The number of rotatable bonds is 2. The Labute approximate surface area is 86.3 Å². The highest BCUT2D eigenvalue weighted by atomic mass is 16.2. The summed E-state index contributed by atoms with van der Waals surface area (Å²) in [6.07, 6.45) is 8.12. The van der Waals surface area contributed by atoms with Crippen LogP contribution in [0.3, 0.4) is 0 Å². The molecule has 76 valence electrons. The quantitative estimate of drug-likeness (QED) is 0.727. The Bertz CT molecular complexity index is 524. The van der Waals surface area contributed by atoms with Crippen molar-refractivity contribution in [1.29, 1.82) is 0 Å². The van der Waals surface area contributed by atoms with Crippen LogP contribution in [-0.4, -0.2) is 19.3 Å². The number of allylic oxidation sites excluding steroid dienone is 1. The maximum atomic E-state index is 11.8. The highest BCUT2D eigenvalue weighted by Crippen LogP contribution is 2.00. The molecule has 2 aromatic rings. The molecule has 2 aromatic heterocycles. The summed E-state index contributed by atoms with van der Waals surface area (Å²) < 4.78 is 2.74. The van der Waals surface area contributed by atoms with Crippen LogP contribution in [0.25, 0.3) is 11.9 Å². The van der Waals surface area contributed by atoms with Crippen molar-refractivity contribution in [3.05, 3.63) is 47.4 Å². The summed E-state index contributed by atoms with van der Waals surface area (Å²) in [6.45, 7) is 1.83. The molecule has 0 aliphatic carbocycles. The Kier molecular flexibility index (Phi) is 2.45. The molecule has 0 aliphatic rings. The Balaban J connectivity index is 2.52. The van der Waals surface area contributed by atoms with E-state index in [9.17, 15) is 4.79 Å². The van der Waals surface area contributed by atoms with Gasteiger partial charge in [-0.3, -0.25) is 4.98 Å². The van der Waals surface area contributed by atoms with Crippen LogP contribution in [0, 0.1) is 0 Å². The van der Waals surface area contributed by atoms with Gasteiger partial charge in [0, 0.05) is 18.6 Å². The molecule has 0 bridgehead atoms. The van der Waals surface area contributed by atoms with Gasteiger partial charge in [0.15, 0.2) is 0 Å². The maximum Gasteiger partial charge on any atom is 0.354 e. The van der Waals surface area contributed by atoms with Crippen LogP contribution in [0.4, 0.5) is 0 Å². The first-order valence-corrected chi connectivity index (χ1v) is 4.52. The molecule has 0 N–H and O–H groups in total. The molecule has 0 unspecified atom stereocenters. The van der Waals surface area contributed by atoms with Gasteiger partial charge in [-0.2, -0.15) is 9.78 Å². The SMILES string of the molecule is C/C=C/n1ncn(-c2ccncc2)c1=O. The Morgan fingerprint density at radius 1 is 1.33 bits per heavy atom. The highest BCUT2D eigenvalue weighted by Gasteiger charge is 2.03. The molecule has 2 rings (SSSR count). The van der Waals surface area contributed by atoms with E-state index in [0.717, 1.165) is 5.69 Å². The molecule has 15 heavy (non-hydrogen) atoms. The van der Waals surface area contributed by atoms with Gasteiger partial charge in [0.25, 0.3) is 0 Å². The van der Waals surface area contributed by atoms with Crippen molar-refractivity contribution in [2.45, 2.75) is 6.92 Å². The van der Waals surface area contributed by atoms with Gasteiger partial charge in [-0.25, -0.2) is 9.36 Å². The van der Waals surface area contributed by atoms with E-state index in [-0.39, 0.29) is 5.69 Å². The van der Waals surface area contributed by atoms with Gasteiger partial charge in [-0.1, -0.05) is 6.08 Å². The van der Waals surface area contributed by atoms with Gasteiger partial charge in [-0.15, -0.1) is 0 Å². The van der Waals surface area contributed by atoms with Crippen LogP contribution in [0.15, 0.2) is 41.7 Å². The zero-order valence-corrected chi connectivity index (χ0v) is 8.24. The molecule has 0 saturated carbocycles. The molecule has 0 atom stereocenters. The van der Waals surface area contributed by atoms with E-state index in [4.69, 9.17) is 0 Å². The van der Waals surface area contributed by atoms with Crippen molar-refractivity contribution >= 4 is 6.20 Å². The van der Waals surface area contributed by atoms with Crippen molar-refractivity contribution in [3.63, 3.8) is 0 Å². The molecule has 0 amide bonds. The lowest BCUT2D eigenvalue weighted by Gasteiger charge is -1.96. The summed E-state index contributed by atoms with van der Waals surface area (Å²) in [4.78, 5) is 15.6. The number of hydrogen-bond acceptors (Lipinski definition) is 3. The molecule has 0 aromatic carbocycles. The van der Waals surface area contributed by atoms with Crippen molar-refractivity contribution in [3.8, 4) is 5.69 Å². The second-order valence-corrected chi connectivity index (χ2v) is 2.92. The Morgan fingerprint density at radius 3 is 2.73 bits per heavy atom. The van der Waals surface area contributed by atoms with E-state index < -0.39 is 0 Å². The second-order valence-electron chi connectivity index (χ2n) is 2.92. The van der Waals surface area contributed by atoms with Crippen LogP contribution in [0.1, 0.15) is 6.92 Å². The van der Waals surface area contributed by atoms with E-state index >= 15 is 0 Å². The Morgan fingerprint density at radius 2 is 2.07 bits per heavy atom. The molecule has 0 fully saturated rings. The number of nitrogens with zero attached hydrogens (tertiary/aromatic N) is 4. The monoisotopic (exact) mass is 202 g/mol. The van der Waals surface area contributed by atoms with Crippen molar-refractivity contribution < 1.29 is 0 Å². The molecule has 0 saturated heterocycles. The maximum absolute atomic E-state index is 11.8. The summed E-state index contributed by atoms with van der Waals surface area (Å²) in [7, 11) is 0. The lowest BCUT2D eigenvalue weighted by molar-refractivity contribution is 0.874. The van der Waals surface area contributed by atoms with Gasteiger partial charge in [0.2, 0.25) is 0 Å². The van der Waals surface area contributed by atoms with Crippen LogP contribution >= 0.6 is 0 Å². The third-order valence-electron chi connectivity index (χ3n) is 1.92. The fraction of sp³-hybridized carbons (Fsp3) is 0.100. The average molecular weight is 202 g/mol. The van der Waals surface area contributed by atoms with Gasteiger partial charge in [-0.05, 0) is 19.1 Å². The zero-order valence-electron chi connectivity index (χ0n) is 8.24. The molecular formula is C10H10N4O. The first kappa shape index (κ1) is 9.39. The smallest absolute Gasteiger partial charge is 0.265 e. The lowest BCUT2D eigenvalue weighted by atomic mass is 10.4. The van der Waals surface area contributed by atoms with Gasteiger partial charge < -0.3 is 0 Å². The highest BCUT2D eigenvalue weighted by molar-refractivity contribution is 5.29. The van der Waals surface area contributed by atoms with Crippen LogP contribution in [0.2, 0.25) is 0 Å². The third-order valence-corrected chi connectivity index (χ3v) is 1.92. The molecule has 0 spiro atoms. The minimum absolute atomic E-state index is 0.195. The van der Waals surface area contributed by atoms with Crippen molar-refractivity contribution in [2.24, 2.45) is 0 Å². The zero-order chi connectivity index (χ0) is 10.7. The minimum Gasteiger partial charge on any atom is -0.265 e. The topological polar surface area (TPSA) is 52.7 Å². The summed E-state index contributed by atoms with van der Waals surface area (Å²) >= 11 is 0. The molecular weight excluding hydrogens is 192 g/mol. The van der Waals surface area contributed by atoms with Crippen molar-refractivity contribution in [1.82, 2.24) is 19.3 Å². The van der Waals surface area contributed by atoms with Crippen LogP contribution < -0.4 is 5.69 Å². The predicted octanol–water partition coefficient (Wildman–Crippen LogP) is 0.920. The molecule has 5 heteroatoms. The standard InChI is InChI=1S/C10H10N4O/c1-2-7-14-10(15)13(8-12-14)9-3-5-11-6-4-9/h2-8H,1H3/b7-2+. The Hall–Kier alpha value is -2.17. The molecule has 5 nitrogen and oxygen atoms in total. The van der Waals surface area contributed by atoms with E-state index in [1.807, 2.05) is 6.92 Å². The lowest BCUT2D eigenvalue weighted by Crippen LogP contribution is -2.20. The van der Waals surface area contributed by atoms with Gasteiger partial charge in [0.1, 0.15) is 6.33 Å². The van der Waals surface area contributed by atoms with Gasteiger partial charge >= 0.3 is 5.69 Å². The minimum atomic E-state index is -0.195. The van der Waals surface area contributed by atoms with E-state index in [0.29, 0.717) is 0 Å². The predicted molar refractivity (Wildman–Crippen MR) is 56.6 cm³/mol. The first-order valence-electron chi connectivity index (χ1n) is 4.52. The molecule has 2 heterocycles. The largest absolute Gasteiger partial charge is 0.354 e. The number of hydrogen-bond donors (Lipinski definition) is 0. The van der Waals surface area contributed by atoms with Crippen LogP contribution in [0.5, 0.6) is 0 Å².